The third kappa shape index (κ3) is 7.82. The number of sulfonamides is 1. The van der Waals surface area contributed by atoms with E-state index >= 15 is 0 Å². The highest BCUT2D eigenvalue weighted by Gasteiger charge is 2.34. The standard InChI is InChI=1S/C38H41N3O6S/c1-26(37(43)31-8-4-3-5-9-31)41(2)24-33-22-34(29-17-15-28(25-42)16-18-29)47-38(46-33)32-19-13-27(14-20-32)23-40-48(44,45)35-12-6-10-30-11-7-21-39-36(30)35/h3-21,26,33-34,37-38,40,42-43H,22-25H2,1-2H3. The predicted octanol–water partition coefficient (Wildman–Crippen LogP) is 5.80. The van der Waals surface area contributed by atoms with Gasteiger partial charge in [-0.15, -0.1) is 0 Å². The number of rotatable bonds is 12. The van der Waals surface area contributed by atoms with Gasteiger partial charge < -0.3 is 19.7 Å². The molecular weight excluding hydrogens is 627 g/mol. The zero-order valence-corrected chi connectivity index (χ0v) is 27.8. The van der Waals surface area contributed by atoms with Gasteiger partial charge in [-0.1, -0.05) is 97.1 Å². The molecule has 5 atom stereocenters. The van der Waals surface area contributed by atoms with E-state index in [4.69, 9.17) is 9.47 Å². The summed E-state index contributed by atoms with van der Waals surface area (Å²) in [5, 5.41) is 21.3. The zero-order valence-electron chi connectivity index (χ0n) is 27.0. The molecule has 1 fully saturated rings. The first-order chi connectivity index (χ1) is 23.2. The van der Waals surface area contributed by atoms with E-state index in [0.29, 0.717) is 18.5 Å². The molecule has 6 rings (SSSR count). The third-order valence-corrected chi connectivity index (χ3v) is 10.4. The third-order valence-electron chi connectivity index (χ3n) is 9.00. The maximum atomic E-state index is 13.2. The van der Waals surface area contributed by atoms with Crippen LogP contribution in [0.15, 0.2) is 120 Å². The molecule has 5 unspecified atom stereocenters. The maximum Gasteiger partial charge on any atom is 0.243 e. The van der Waals surface area contributed by atoms with E-state index in [1.807, 2.05) is 105 Å². The molecule has 0 aliphatic carbocycles. The Morgan fingerprint density at radius 2 is 1.56 bits per heavy atom. The second-order valence-electron chi connectivity index (χ2n) is 12.3. The summed E-state index contributed by atoms with van der Waals surface area (Å²) in [6.07, 6.45) is 0.405. The van der Waals surface area contributed by atoms with Crippen LogP contribution in [0.4, 0.5) is 0 Å². The van der Waals surface area contributed by atoms with E-state index in [2.05, 4.69) is 14.6 Å². The van der Waals surface area contributed by atoms with Gasteiger partial charge in [0.15, 0.2) is 6.29 Å². The number of benzene rings is 4. The number of nitrogens with one attached hydrogen (secondary N) is 1. The van der Waals surface area contributed by atoms with Crippen molar-refractivity contribution in [3.63, 3.8) is 0 Å². The number of aliphatic hydroxyl groups excluding tert-OH is 2. The number of ether oxygens (including phenoxy) is 2. The van der Waals surface area contributed by atoms with Crippen LogP contribution in [0.5, 0.6) is 0 Å². The molecule has 1 aliphatic heterocycles. The topological polar surface area (TPSA) is 121 Å². The molecular formula is C38H41N3O6S. The first-order valence-corrected chi connectivity index (χ1v) is 17.6. The van der Waals surface area contributed by atoms with E-state index in [1.54, 1.807) is 24.4 Å². The Morgan fingerprint density at radius 1 is 0.875 bits per heavy atom. The Balaban J connectivity index is 1.16. The number of nitrogens with zero attached hydrogens (tertiary/aromatic N) is 2. The van der Waals surface area contributed by atoms with Gasteiger partial charge in [-0.05, 0) is 48.4 Å². The lowest BCUT2D eigenvalue weighted by Gasteiger charge is -2.39. The van der Waals surface area contributed by atoms with Crippen LogP contribution in [0, 0.1) is 0 Å². The number of para-hydroxylation sites is 1. The first-order valence-electron chi connectivity index (χ1n) is 16.1. The van der Waals surface area contributed by atoms with Crippen molar-refractivity contribution in [2.75, 3.05) is 13.6 Å². The number of aliphatic hydroxyl groups is 2. The Kier molecular flexibility index (Phi) is 10.6. The molecule has 4 aromatic carbocycles. The summed E-state index contributed by atoms with van der Waals surface area (Å²) in [7, 11) is -1.82. The van der Waals surface area contributed by atoms with Crippen LogP contribution < -0.4 is 4.72 Å². The summed E-state index contributed by atoms with van der Waals surface area (Å²) in [5.41, 5.74) is 4.69. The molecule has 1 aromatic heterocycles. The highest BCUT2D eigenvalue weighted by atomic mass is 32.2. The fourth-order valence-electron chi connectivity index (χ4n) is 6.03. The van der Waals surface area contributed by atoms with Crippen LogP contribution in [-0.4, -0.2) is 54.3 Å². The number of hydrogen-bond donors (Lipinski definition) is 3. The molecule has 10 heteroatoms. The van der Waals surface area contributed by atoms with Crippen LogP contribution in [0.1, 0.15) is 59.7 Å². The molecule has 250 valence electrons. The van der Waals surface area contributed by atoms with Gasteiger partial charge in [-0.25, -0.2) is 13.1 Å². The molecule has 9 nitrogen and oxygen atoms in total. The van der Waals surface area contributed by atoms with Crippen LogP contribution in [0.3, 0.4) is 0 Å². The largest absolute Gasteiger partial charge is 0.392 e. The van der Waals surface area contributed by atoms with Crippen molar-refractivity contribution in [3.05, 3.63) is 143 Å². The molecule has 0 amide bonds. The summed E-state index contributed by atoms with van der Waals surface area (Å²) in [6, 6.07) is 33.5. The first kappa shape index (κ1) is 33.9. The minimum Gasteiger partial charge on any atom is -0.392 e. The molecule has 0 saturated carbocycles. The number of fused-ring (bicyclic) bond motifs is 1. The van der Waals surface area contributed by atoms with Gasteiger partial charge in [-0.3, -0.25) is 9.88 Å². The van der Waals surface area contributed by atoms with Crippen LogP contribution in [-0.2, 0) is 32.6 Å². The maximum absolute atomic E-state index is 13.2. The van der Waals surface area contributed by atoms with E-state index in [9.17, 15) is 18.6 Å². The highest BCUT2D eigenvalue weighted by molar-refractivity contribution is 7.89. The molecule has 1 aliphatic rings. The fraction of sp³-hybridized carbons (Fsp3) is 0.289. The van der Waals surface area contributed by atoms with Crippen molar-refractivity contribution in [2.45, 2.75) is 62.0 Å². The molecule has 5 aromatic rings. The summed E-state index contributed by atoms with van der Waals surface area (Å²) >= 11 is 0. The van der Waals surface area contributed by atoms with E-state index in [0.717, 1.165) is 33.2 Å². The second-order valence-corrected chi connectivity index (χ2v) is 14.0. The van der Waals surface area contributed by atoms with Crippen molar-refractivity contribution in [3.8, 4) is 0 Å². The van der Waals surface area contributed by atoms with Gasteiger partial charge in [0.2, 0.25) is 10.0 Å². The zero-order chi connectivity index (χ0) is 33.7. The lowest BCUT2D eigenvalue weighted by molar-refractivity contribution is -0.253. The van der Waals surface area contributed by atoms with E-state index in [1.165, 1.54) is 0 Å². The molecule has 2 heterocycles. The molecule has 3 N–H and O–H groups in total. The van der Waals surface area contributed by atoms with E-state index < -0.39 is 22.4 Å². The lowest BCUT2D eigenvalue weighted by Crippen LogP contribution is -2.43. The molecule has 0 radical (unpaired) electrons. The highest BCUT2D eigenvalue weighted by Crippen LogP contribution is 2.38. The average Bonchev–Trinajstić information content (AvgIpc) is 3.13. The van der Waals surface area contributed by atoms with Gasteiger partial charge >= 0.3 is 0 Å². The van der Waals surface area contributed by atoms with Crippen molar-refractivity contribution < 1.29 is 28.1 Å². The Bertz CT molecular complexity index is 1900. The van der Waals surface area contributed by atoms with Gasteiger partial charge in [-0.2, -0.15) is 0 Å². The van der Waals surface area contributed by atoms with Crippen molar-refractivity contribution in [1.29, 1.82) is 0 Å². The van der Waals surface area contributed by atoms with Crippen molar-refractivity contribution >= 4 is 20.9 Å². The minimum absolute atomic E-state index is 0.0338. The van der Waals surface area contributed by atoms with Crippen LogP contribution in [0.2, 0.25) is 0 Å². The molecule has 0 spiro atoms. The number of hydrogen-bond acceptors (Lipinski definition) is 8. The smallest absolute Gasteiger partial charge is 0.243 e. The summed E-state index contributed by atoms with van der Waals surface area (Å²) < 4.78 is 42.2. The number of likely N-dealkylation sites (N-methyl/N-ethyl adjacent to an activating group) is 1. The molecule has 1 saturated heterocycles. The van der Waals surface area contributed by atoms with Crippen molar-refractivity contribution in [2.24, 2.45) is 0 Å². The Hall–Kier alpha value is -4.00. The minimum atomic E-state index is -3.81. The van der Waals surface area contributed by atoms with Gasteiger partial charge in [0, 0.05) is 42.7 Å². The number of aromatic nitrogens is 1. The van der Waals surface area contributed by atoms with Gasteiger partial charge in [0.05, 0.1) is 30.4 Å². The summed E-state index contributed by atoms with van der Waals surface area (Å²) in [5.74, 6) is 0. The quantitative estimate of drug-likeness (QED) is 0.153. The monoisotopic (exact) mass is 667 g/mol. The Labute approximate surface area is 281 Å². The normalized spacial score (nSPS) is 19.7. The molecule has 48 heavy (non-hydrogen) atoms. The second kappa shape index (κ2) is 15.0. The van der Waals surface area contributed by atoms with E-state index in [-0.39, 0.29) is 36.3 Å². The summed E-state index contributed by atoms with van der Waals surface area (Å²) in [4.78, 5) is 6.53. The summed E-state index contributed by atoms with van der Waals surface area (Å²) in [6.45, 7) is 2.64. The predicted molar refractivity (Wildman–Crippen MR) is 184 cm³/mol. The van der Waals surface area contributed by atoms with Crippen molar-refractivity contribution in [1.82, 2.24) is 14.6 Å². The van der Waals surface area contributed by atoms with Crippen LogP contribution in [0.25, 0.3) is 10.9 Å². The van der Waals surface area contributed by atoms with Crippen LogP contribution >= 0.6 is 0 Å². The van der Waals surface area contributed by atoms with Gasteiger partial charge in [0.1, 0.15) is 4.90 Å². The number of pyridine rings is 1. The lowest BCUT2D eigenvalue weighted by atomic mass is 9.98. The SMILES string of the molecule is CC(C(O)c1ccccc1)N(C)CC1CC(c2ccc(CO)cc2)OC(c2ccc(CNS(=O)(=O)c3cccc4cccnc34)cc2)O1. The van der Waals surface area contributed by atoms with Gasteiger partial charge in [0.25, 0.3) is 0 Å². The fourth-order valence-corrected chi connectivity index (χ4v) is 7.23. The molecule has 0 bridgehead atoms. The Morgan fingerprint density at radius 3 is 2.29 bits per heavy atom. The average molecular weight is 668 g/mol.